The molecule has 2 aromatic carbocycles. The first-order valence-corrected chi connectivity index (χ1v) is 9.56. The van der Waals surface area contributed by atoms with Gasteiger partial charge in [0.1, 0.15) is 0 Å². The van der Waals surface area contributed by atoms with Crippen LogP contribution in [0, 0.1) is 5.92 Å². The van der Waals surface area contributed by atoms with E-state index in [1.54, 1.807) is 0 Å². The molecule has 1 saturated heterocycles. The zero-order chi connectivity index (χ0) is 19.1. The Hall–Kier alpha value is -2.82. The highest BCUT2D eigenvalue weighted by Gasteiger charge is 2.27. The van der Waals surface area contributed by atoms with Gasteiger partial charge in [0.2, 0.25) is 11.8 Å². The number of rotatable bonds is 6. The first kappa shape index (κ1) is 19.0. The number of nitrogens with two attached hydrogens (primary N) is 1. The minimum Gasteiger partial charge on any atom is -0.399 e. The number of likely N-dealkylation sites (tertiary alicyclic amines) is 1. The average Bonchev–Trinajstić information content (AvgIpc) is 2.72. The number of nitrogens with one attached hydrogen (secondary N) is 1. The number of para-hydroxylation sites is 1. The fourth-order valence-electron chi connectivity index (χ4n) is 3.48. The molecule has 0 aromatic heterocycles. The van der Waals surface area contributed by atoms with Crippen LogP contribution in [0.5, 0.6) is 0 Å². The van der Waals surface area contributed by atoms with Gasteiger partial charge in [-0.2, -0.15) is 0 Å². The van der Waals surface area contributed by atoms with E-state index in [2.05, 4.69) is 5.32 Å². The van der Waals surface area contributed by atoms with Crippen LogP contribution < -0.4 is 11.1 Å². The second-order valence-corrected chi connectivity index (χ2v) is 7.06. The van der Waals surface area contributed by atoms with Crippen LogP contribution in [0.2, 0.25) is 0 Å². The molecule has 2 amide bonds. The molecule has 1 fully saturated rings. The molecule has 0 aliphatic carbocycles. The van der Waals surface area contributed by atoms with Crippen molar-refractivity contribution in [1.82, 2.24) is 10.2 Å². The van der Waals surface area contributed by atoms with Gasteiger partial charge in [0.05, 0.1) is 0 Å². The van der Waals surface area contributed by atoms with Crippen molar-refractivity contribution in [2.24, 2.45) is 5.92 Å². The van der Waals surface area contributed by atoms with Gasteiger partial charge in [-0.3, -0.25) is 9.59 Å². The number of anilines is 1. The van der Waals surface area contributed by atoms with Gasteiger partial charge in [-0.25, -0.2) is 0 Å². The molecule has 2 aromatic rings. The summed E-state index contributed by atoms with van der Waals surface area (Å²) in [6.07, 6.45) is 2.56. The molecule has 1 aliphatic rings. The summed E-state index contributed by atoms with van der Waals surface area (Å²) in [5.41, 5.74) is 8.78. The van der Waals surface area contributed by atoms with Crippen molar-refractivity contribution < 1.29 is 9.59 Å². The maximum Gasteiger partial charge on any atom is 0.223 e. The molecule has 0 atom stereocenters. The van der Waals surface area contributed by atoms with Gasteiger partial charge in [0.25, 0.3) is 0 Å². The van der Waals surface area contributed by atoms with Gasteiger partial charge < -0.3 is 16.0 Å². The van der Waals surface area contributed by atoms with Crippen LogP contribution in [-0.4, -0.2) is 29.8 Å². The number of amides is 2. The van der Waals surface area contributed by atoms with Gasteiger partial charge in [0.15, 0.2) is 0 Å². The number of nitrogen functional groups attached to an aromatic ring is 1. The molecule has 0 radical (unpaired) electrons. The third-order valence-corrected chi connectivity index (χ3v) is 5.19. The summed E-state index contributed by atoms with van der Waals surface area (Å²) in [7, 11) is 0. The molecule has 1 aliphatic heterocycles. The first-order valence-electron chi connectivity index (χ1n) is 9.56. The maximum atomic E-state index is 12.5. The van der Waals surface area contributed by atoms with Gasteiger partial charge in [-0.05, 0) is 36.5 Å². The van der Waals surface area contributed by atoms with Crippen LogP contribution >= 0.6 is 0 Å². The standard InChI is InChI=1S/C22H27N3O2/c23-20-9-5-4-8-18(20)10-11-21(26)25-14-12-19(13-15-25)22(27)24-16-17-6-2-1-3-7-17/h1-9,19H,10-16,23H2,(H,24,27). The van der Waals surface area contributed by atoms with Crippen LogP contribution in [0.15, 0.2) is 54.6 Å². The topological polar surface area (TPSA) is 75.4 Å². The lowest BCUT2D eigenvalue weighted by atomic mass is 9.95. The molecule has 3 rings (SSSR count). The van der Waals surface area contributed by atoms with Crippen molar-refractivity contribution in [3.05, 3.63) is 65.7 Å². The van der Waals surface area contributed by atoms with E-state index in [4.69, 9.17) is 5.73 Å². The second kappa shape index (κ2) is 9.21. The highest BCUT2D eigenvalue weighted by molar-refractivity contribution is 5.80. The lowest BCUT2D eigenvalue weighted by molar-refractivity contribution is -0.135. The largest absolute Gasteiger partial charge is 0.399 e. The number of nitrogens with zero attached hydrogens (tertiary/aromatic N) is 1. The van der Waals surface area contributed by atoms with Crippen LogP contribution in [-0.2, 0) is 22.6 Å². The van der Waals surface area contributed by atoms with E-state index < -0.39 is 0 Å². The fourth-order valence-corrected chi connectivity index (χ4v) is 3.48. The molecule has 142 valence electrons. The Kier molecular flexibility index (Phi) is 6.47. The predicted octanol–water partition coefficient (Wildman–Crippen LogP) is 2.76. The zero-order valence-electron chi connectivity index (χ0n) is 15.6. The molecule has 27 heavy (non-hydrogen) atoms. The molecule has 0 unspecified atom stereocenters. The van der Waals surface area contributed by atoms with Gasteiger partial charge in [0, 0.05) is 37.7 Å². The summed E-state index contributed by atoms with van der Waals surface area (Å²) in [6, 6.07) is 17.6. The van der Waals surface area contributed by atoms with E-state index in [0.29, 0.717) is 32.5 Å². The number of benzene rings is 2. The van der Waals surface area contributed by atoms with Crippen LogP contribution in [0.25, 0.3) is 0 Å². The van der Waals surface area contributed by atoms with E-state index in [-0.39, 0.29) is 17.7 Å². The minimum absolute atomic E-state index is 0.0115. The number of hydrogen-bond acceptors (Lipinski definition) is 3. The van der Waals surface area contributed by atoms with Crippen molar-refractivity contribution in [2.45, 2.75) is 32.2 Å². The predicted molar refractivity (Wildman–Crippen MR) is 107 cm³/mol. The third-order valence-electron chi connectivity index (χ3n) is 5.19. The maximum absolute atomic E-state index is 12.5. The van der Waals surface area contributed by atoms with E-state index >= 15 is 0 Å². The van der Waals surface area contributed by atoms with Gasteiger partial charge in [-0.15, -0.1) is 0 Å². The molecule has 1 heterocycles. The molecule has 5 nitrogen and oxygen atoms in total. The Labute approximate surface area is 160 Å². The highest BCUT2D eigenvalue weighted by Crippen LogP contribution is 2.19. The van der Waals surface area contributed by atoms with Crippen molar-refractivity contribution >= 4 is 17.5 Å². The molecule has 0 bridgehead atoms. The smallest absolute Gasteiger partial charge is 0.223 e. The molecule has 3 N–H and O–H groups in total. The highest BCUT2D eigenvalue weighted by atomic mass is 16.2. The fraction of sp³-hybridized carbons (Fsp3) is 0.364. The van der Waals surface area contributed by atoms with Crippen LogP contribution in [0.4, 0.5) is 5.69 Å². The van der Waals surface area contributed by atoms with Crippen LogP contribution in [0.1, 0.15) is 30.4 Å². The summed E-state index contributed by atoms with van der Waals surface area (Å²) in [6.45, 7) is 1.84. The minimum atomic E-state index is -0.0115. The Morgan fingerprint density at radius 3 is 2.37 bits per heavy atom. The molecule has 0 saturated carbocycles. The lowest BCUT2D eigenvalue weighted by Gasteiger charge is -2.31. The molecular weight excluding hydrogens is 338 g/mol. The Balaban J connectivity index is 1.40. The number of carbonyl (C=O) groups is 2. The Bertz CT molecular complexity index is 768. The normalized spacial score (nSPS) is 14.7. The van der Waals surface area contributed by atoms with E-state index in [1.807, 2.05) is 59.5 Å². The summed E-state index contributed by atoms with van der Waals surface area (Å²) < 4.78 is 0. The van der Waals surface area contributed by atoms with E-state index in [9.17, 15) is 9.59 Å². The SMILES string of the molecule is Nc1ccccc1CCC(=O)N1CCC(C(=O)NCc2ccccc2)CC1. The number of carbonyl (C=O) groups excluding carboxylic acids is 2. The summed E-state index contributed by atoms with van der Waals surface area (Å²) >= 11 is 0. The van der Waals surface area contributed by atoms with Gasteiger partial charge >= 0.3 is 0 Å². The summed E-state index contributed by atoms with van der Waals surface area (Å²) in [5.74, 6) is 0.215. The number of aryl methyl sites for hydroxylation is 1. The molecule has 0 spiro atoms. The monoisotopic (exact) mass is 365 g/mol. The number of hydrogen-bond donors (Lipinski definition) is 2. The Morgan fingerprint density at radius 2 is 1.67 bits per heavy atom. The van der Waals surface area contributed by atoms with Crippen LogP contribution in [0.3, 0.4) is 0 Å². The Morgan fingerprint density at radius 1 is 1.00 bits per heavy atom. The van der Waals surface area contributed by atoms with E-state index in [1.165, 1.54) is 0 Å². The van der Waals surface area contributed by atoms with Crippen molar-refractivity contribution in [3.63, 3.8) is 0 Å². The summed E-state index contributed by atoms with van der Waals surface area (Å²) in [4.78, 5) is 26.7. The van der Waals surface area contributed by atoms with Gasteiger partial charge in [-0.1, -0.05) is 48.5 Å². The summed E-state index contributed by atoms with van der Waals surface area (Å²) in [5, 5.41) is 3.01. The first-order chi connectivity index (χ1) is 13.1. The zero-order valence-corrected chi connectivity index (χ0v) is 15.6. The lowest BCUT2D eigenvalue weighted by Crippen LogP contribution is -2.43. The van der Waals surface area contributed by atoms with Crippen molar-refractivity contribution in [2.75, 3.05) is 18.8 Å². The third kappa shape index (κ3) is 5.33. The average molecular weight is 365 g/mol. The number of piperidine rings is 1. The molecular formula is C22H27N3O2. The second-order valence-electron chi connectivity index (χ2n) is 7.06. The quantitative estimate of drug-likeness (QED) is 0.773. The van der Waals surface area contributed by atoms with Crippen molar-refractivity contribution in [3.8, 4) is 0 Å². The van der Waals surface area contributed by atoms with E-state index in [0.717, 1.165) is 29.7 Å². The molecule has 5 heteroatoms. The van der Waals surface area contributed by atoms with Crippen molar-refractivity contribution in [1.29, 1.82) is 0 Å².